The van der Waals surface area contributed by atoms with E-state index in [2.05, 4.69) is 10.1 Å². The molecule has 2 N–H and O–H groups in total. The number of carbonyl (C=O) groups is 3. The second-order valence-corrected chi connectivity index (χ2v) is 5.10. The Kier molecular flexibility index (Phi) is 4.36. The van der Waals surface area contributed by atoms with Crippen molar-refractivity contribution in [2.75, 3.05) is 26.3 Å². The van der Waals surface area contributed by atoms with Gasteiger partial charge >= 0.3 is 12.0 Å². The molecule has 3 amide bonds. The molecule has 0 bridgehead atoms. The first-order valence-corrected chi connectivity index (χ1v) is 6.44. The van der Waals surface area contributed by atoms with E-state index in [1.54, 1.807) is 4.90 Å². The maximum absolute atomic E-state index is 11.8. The zero-order valence-electron chi connectivity index (χ0n) is 10.6. The lowest BCUT2D eigenvalue weighted by Crippen LogP contribution is -2.43. The van der Waals surface area contributed by atoms with Crippen molar-refractivity contribution in [3.63, 3.8) is 0 Å². The lowest BCUT2D eigenvalue weighted by atomic mass is 10.0. The summed E-state index contributed by atoms with van der Waals surface area (Å²) in [6.45, 7) is 0.452. The van der Waals surface area contributed by atoms with E-state index >= 15 is 0 Å². The van der Waals surface area contributed by atoms with Crippen molar-refractivity contribution < 1.29 is 24.2 Å². The number of hydrogen-bond donors (Lipinski definition) is 2. The van der Waals surface area contributed by atoms with Crippen molar-refractivity contribution in [3.8, 4) is 0 Å². The Morgan fingerprint density at radius 2 is 1.79 bits per heavy atom. The maximum Gasteiger partial charge on any atom is 0.329 e. The van der Waals surface area contributed by atoms with E-state index in [9.17, 15) is 14.4 Å². The van der Waals surface area contributed by atoms with E-state index in [0.29, 0.717) is 24.9 Å². The molecule has 1 saturated heterocycles. The summed E-state index contributed by atoms with van der Waals surface area (Å²) in [6, 6.07) is -0.404. The molecule has 2 atom stereocenters. The highest BCUT2D eigenvalue weighted by molar-refractivity contribution is 5.95. The maximum atomic E-state index is 11.8. The molecule has 7 nitrogen and oxygen atoms in total. The second kappa shape index (κ2) is 6.01. The fraction of sp³-hybridized carbons (Fsp3) is 0.750. The number of hydrogen-bond acceptors (Lipinski definition) is 4. The zero-order chi connectivity index (χ0) is 13.8. The van der Waals surface area contributed by atoms with Crippen molar-refractivity contribution in [1.29, 1.82) is 0 Å². The molecule has 19 heavy (non-hydrogen) atoms. The number of ether oxygens (including phenoxy) is 1. The summed E-state index contributed by atoms with van der Waals surface area (Å²) < 4.78 is 4.61. The molecule has 0 aromatic heterocycles. The number of rotatable bonds is 4. The molecule has 2 unspecified atom stereocenters. The van der Waals surface area contributed by atoms with Gasteiger partial charge in [-0.2, -0.15) is 0 Å². The topological polar surface area (TPSA) is 95.9 Å². The number of urea groups is 1. The Morgan fingerprint density at radius 3 is 2.37 bits per heavy atom. The molecule has 1 saturated carbocycles. The highest BCUT2D eigenvalue weighted by atomic mass is 16.5. The van der Waals surface area contributed by atoms with Crippen LogP contribution in [0.4, 0.5) is 4.79 Å². The average Bonchev–Trinajstić information content (AvgIpc) is 2.87. The van der Waals surface area contributed by atoms with Gasteiger partial charge in [-0.05, 0) is 24.7 Å². The number of carboxylic acid groups (broad SMARTS) is 1. The van der Waals surface area contributed by atoms with Crippen LogP contribution in [0.25, 0.3) is 0 Å². The first-order valence-electron chi connectivity index (χ1n) is 6.44. The second-order valence-electron chi connectivity index (χ2n) is 5.10. The summed E-state index contributed by atoms with van der Waals surface area (Å²) in [4.78, 5) is 35.0. The van der Waals surface area contributed by atoms with Crippen LogP contribution in [0.1, 0.15) is 19.3 Å². The number of aliphatic carboxylic acids is 1. The summed E-state index contributed by atoms with van der Waals surface area (Å²) >= 11 is 0. The predicted octanol–water partition coefficient (Wildman–Crippen LogP) is 0.0557. The first-order chi connectivity index (χ1) is 9.06. The number of nitrogens with one attached hydrogen (secondary N) is 1. The van der Waals surface area contributed by atoms with E-state index in [1.165, 1.54) is 6.42 Å². The monoisotopic (exact) mass is 270 g/mol. The van der Waals surface area contributed by atoms with Gasteiger partial charge < -0.3 is 14.7 Å². The van der Waals surface area contributed by atoms with Crippen LogP contribution in [-0.2, 0) is 14.3 Å². The molecule has 0 aromatic rings. The molecule has 0 spiro atoms. The van der Waals surface area contributed by atoms with Crippen LogP contribution in [0.5, 0.6) is 0 Å². The highest BCUT2D eigenvalue weighted by Gasteiger charge is 2.38. The minimum absolute atomic E-state index is 0.404. The summed E-state index contributed by atoms with van der Waals surface area (Å²) in [5, 5.41) is 10.6. The molecule has 0 radical (unpaired) electrons. The molecule has 1 heterocycles. The molecule has 106 valence electrons. The zero-order valence-corrected chi connectivity index (χ0v) is 10.6. The van der Waals surface area contributed by atoms with Crippen LogP contribution in [0.3, 0.4) is 0 Å². The molecule has 1 aliphatic carbocycles. The SMILES string of the molecule is O=C(O)COCC(=O)NC(=O)N1CC2CCCC2C1. The summed E-state index contributed by atoms with van der Waals surface area (Å²) in [5.41, 5.74) is 0. The molecular weight excluding hydrogens is 252 g/mol. The molecule has 1 aliphatic heterocycles. The first kappa shape index (κ1) is 13.8. The Bertz CT molecular complexity index is 372. The van der Waals surface area contributed by atoms with Gasteiger partial charge in [-0.15, -0.1) is 0 Å². The third-order valence-corrected chi connectivity index (χ3v) is 3.72. The number of imide groups is 1. The van der Waals surface area contributed by atoms with Gasteiger partial charge in [-0.3, -0.25) is 10.1 Å². The summed E-state index contributed by atoms with van der Waals surface area (Å²) in [7, 11) is 0. The minimum Gasteiger partial charge on any atom is -0.480 e. The number of nitrogens with zero attached hydrogens (tertiary/aromatic N) is 1. The van der Waals surface area contributed by atoms with Crippen molar-refractivity contribution in [1.82, 2.24) is 10.2 Å². The van der Waals surface area contributed by atoms with Gasteiger partial charge in [0.25, 0.3) is 5.91 Å². The predicted molar refractivity (Wildman–Crippen MR) is 64.4 cm³/mol. The lowest BCUT2D eigenvalue weighted by molar-refractivity contribution is -0.143. The van der Waals surface area contributed by atoms with E-state index in [1.807, 2.05) is 0 Å². The quantitative estimate of drug-likeness (QED) is 0.753. The molecular formula is C12H18N2O5. The van der Waals surface area contributed by atoms with Gasteiger partial charge in [0.15, 0.2) is 0 Å². The normalized spacial score (nSPS) is 25.2. The molecule has 2 aliphatic rings. The van der Waals surface area contributed by atoms with Crippen molar-refractivity contribution in [2.45, 2.75) is 19.3 Å². The average molecular weight is 270 g/mol. The van der Waals surface area contributed by atoms with Crippen molar-refractivity contribution in [3.05, 3.63) is 0 Å². The van der Waals surface area contributed by atoms with Gasteiger partial charge in [0.2, 0.25) is 0 Å². The van der Waals surface area contributed by atoms with Crippen LogP contribution in [0.15, 0.2) is 0 Å². The Morgan fingerprint density at radius 1 is 1.16 bits per heavy atom. The Balaban J connectivity index is 1.69. The van der Waals surface area contributed by atoms with Crippen LogP contribution in [-0.4, -0.2) is 54.2 Å². The lowest BCUT2D eigenvalue weighted by Gasteiger charge is -2.17. The molecule has 2 fully saturated rings. The standard InChI is InChI=1S/C12H18N2O5/c15-10(6-19-7-11(16)17)13-12(18)14-4-8-2-1-3-9(8)5-14/h8-9H,1-7H2,(H,16,17)(H,13,15,18). The van der Waals surface area contributed by atoms with Crippen LogP contribution in [0.2, 0.25) is 0 Å². The summed E-state index contributed by atoms with van der Waals surface area (Å²) in [6.07, 6.45) is 3.54. The summed E-state index contributed by atoms with van der Waals surface area (Å²) in [5.74, 6) is -0.608. The van der Waals surface area contributed by atoms with Crippen molar-refractivity contribution in [2.24, 2.45) is 11.8 Å². The smallest absolute Gasteiger partial charge is 0.329 e. The number of amides is 3. The molecule has 7 heteroatoms. The van der Waals surface area contributed by atoms with Gasteiger partial charge in [-0.1, -0.05) is 6.42 Å². The third-order valence-electron chi connectivity index (χ3n) is 3.72. The van der Waals surface area contributed by atoms with Gasteiger partial charge in [0, 0.05) is 13.1 Å². The van der Waals surface area contributed by atoms with E-state index in [-0.39, 0.29) is 0 Å². The van der Waals surface area contributed by atoms with Gasteiger partial charge in [0.05, 0.1) is 0 Å². The fourth-order valence-corrected chi connectivity index (χ4v) is 2.87. The number of carboxylic acids is 1. The highest BCUT2D eigenvalue weighted by Crippen LogP contribution is 2.37. The van der Waals surface area contributed by atoms with Crippen molar-refractivity contribution >= 4 is 17.9 Å². The largest absolute Gasteiger partial charge is 0.480 e. The molecule has 2 rings (SSSR count). The Hall–Kier alpha value is -1.63. The minimum atomic E-state index is -1.15. The number of fused-ring (bicyclic) bond motifs is 1. The van der Waals surface area contributed by atoms with Crippen LogP contribution < -0.4 is 5.32 Å². The number of likely N-dealkylation sites (tertiary alicyclic amines) is 1. The Labute approximate surface area is 110 Å². The molecule has 0 aromatic carbocycles. The fourth-order valence-electron chi connectivity index (χ4n) is 2.87. The van der Waals surface area contributed by atoms with Crippen LogP contribution >= 0.6 is 0 Å². The van der Waals surface area contributed by atoms with E-state index in [0.717, 1.165) is 12.8 Å². The third kappa shape index (κ3) is 3.66. The van der Waals surface area contributed by atoms with Crippen LogP contribution in [0, 0.1) is 11.8 Å². The van der Waals surface area contributed by atoms with Gasteiger partial charge in [0.1, 0.15) is 13.2 Å². The van der Waals surface area contributed by atoms with Gasteiger partial charge in [-0.25, -0.2) is 9.59 Å². The van der Waals surface area contributed by atoms with E-state index in [4.69, 9.17) is 5.11 Å². The van der Waals surface area contributed by atoms with E-state index < -0.39 is 31.1 Å². The number of carbonyl (C=O) groups excluding carboxylic acids is 2.